The van der Waals surface area contributed by atoms with Crippen LogP contribution in [-0.2, 0) is 10.0 Å². The Morgan fingerprint density at radius 3 is 2.85 bits per heavy atom. The van der Waals surface area contributed by atoms with Gasteiger partial charge in [-0.15, -0.1) is 0 Å². The summed E-state index contributed by atoms with van der Waals surface area (Å²) in [6.07, 6.45) is 3.26. The summed E-state index contributed by atoms with van der Waals surface area (Å²) in [5, 5.41) is 2.77. The lowest BCUT2D eigenvalue weighted by molar-refractivity contribution is 0.319. The Bertz CT molecular complexity index is 556. The largest absolute Gasteiger partial charge is 0.313 e. The molecule has 1 fully saturated rings. The van der Waals surface area contributed by atoms with Gasteiger partial charge in [-0.25, -0.2) is 17.8 Å². The quantitative estimate of drug-likeness (QED) is 0.892. The molecule has 20 heavy (non-hydrogen) atoms. The maximum absolute atomic E-state index is 13.7. The molecule has 1 saturated heterocycles. The molecule has 1 atom stereocenters. The predicted octanol–water partition coefficient (Wildman–Crippen LogP) is 1.37. The topological polar surface area (TPSA) is 62.3 Å². The van der Waals surface area contributed by atoms with E-state index in [4.69, 9.17) is 0 Å². The van der Waals surface area contributed by atoms with E-state index < -0.39 is 20.9 Å². The van der Waals surface area contributed by atoms with Gasteiger partial charge in [0.15, 0.2) is 5.82 Å². The van der Waals surface area contributed by atoms with Crippen LogP contribution in [0.4, 0.5) is 4.39 Å². The first-order chi connectivity index (χ1) is 9.43. The highest BCUT2D eigenvalue weighted by molar-refractivity contribution is 7.89. The van der Waals surface area contributed by atoms with Gasteiger partial charge in [-0.3, -0.25) is 0 Å². The maximum Gasteiger partial charge on any atom is 0.263 e. The fraction of sp³-hybridized carbons (Fsp3) is 0.615. The third-order valence-corrected chi connectivity index (χ3v) is 5.39. The fourth-order valence-corrected chi connectivity index (χ4v) is 4.05. The molecule has 1 aromatic heterocycles. The second-order valence-electron chi connectivity index (χ2n) is 5.25. The average molecular weight is 301 g/mol. The maximum atomic E-state index is 13.7. The summed E-state index contributed by atoms with van der Waals surface area (Å²) in [4.78, 5) is 3.70. The van der Waals surface area contributed by atoms with E-state index in [9.17, 15) is 12.8 Å². The summed E-state index contributed by atoms with van der Waals surface area (Å²) in [5.74, 6) is -0.808. The monoisotopic (exact) mass is 301 g/mol. The lowest BCUT2D eigenvalue weighted by Gasteiger charge is -2.28. The number of hydrogen-bond donors (Lipinski definition) is 1. The Labute approximate surface area is 119 Å². The average Bonchev–Trinajstić information content (AvgIpc) is 2.88. The Kier molecular flexibility index (Phi) is 4.72. The van der Waals surface area contributed by atoms with Gasteiger partial charge in [0.2, 0.25) is 5.03 Å². The van der Waals surface area contributed by atoms with Gasteiger partial charge in [0.25, 0.3) is 10.0 Å². The highest BCUT2D eigenvalue weighted by atomic mass is 32.2. The molecule has 2 heterocycles. The zero-order chi connectivity index (χ0) is 14.8. The smallest absolute Gasteiger partial charge is 0.263 e. The molecular weight excluding hydrogens is 281 g/mol. The zero-order valence-electron chi connectivity index (χ0n) is 11.7. The van der Waals surface area contributed by atoms with Crippen LogP contribution in [0.1, 0.15) is 26.7 Å². The van der Waals surface area contributed by atoms with E-state index >= 15 is 0 Å². The van der Waals surface area contributed by atoms with Crippen LogP contribution in [-0.4, -0.2) is 42.9 Å². The molecule has 0 aliphatic carbocycles. The molecule has 1 N–H and O–H groups in total. The Morgan fingerprint density at radius 1 is 1.55 bits per heavy atom. The molecule has 2 rings (SSSR count). The van der Waals surface area contributed by atoms with Gasteiger partial charge in [-0.05, 0) is 45.4 Å². The van der Waals surface area contributed by atoms with Crippen molar-refractivity contribution >= 4 is 10.0 Å². The van der Waals surface area contributed by atoms with Gasteiger partial charge in [0.05, 0.1) is 0 Å². The third-order valence-electron chi connectivity index (χ3n) is 3.42. The summed E-state index contributed by atoms with van der Waals surface area (Å²) in [5.41, 5.74) is 0. The number of aromatic nitrogens is 1. The molecule has 1 aliphatic heterocycles. The minimum Gasteiger partial charge on any atom is -0.313 e. The van der Waals surface area contributed by atoms with Gasteiger partial charge in [0.1, 0.15) is 0 Å². The molecule has 1 aromatic rings. The van der Waals surface area contributed by atoms with Crippen LogP contribution in [0.3, 0.4) is 0 Å². The molecule has 0 bridgehead atoms. The summed E-state index contributed by atoms with van der Waals surface area (Å²) in [7, 11) is -3.91. The molecule has 0 spiro atoms. The minimum atomic E-state index is -3.91. The van der Waals surface area contributed by atoms with E-state index in [0.717, 1.165) is 25.5 Å². The van der Waals surface area contributed by atoms with Crippen molar-refractivity contribution in [1.82, 2.24) is 14.6 Å². The summed E-state index contributed by atoms with van der Waals surface area (Å²) >= 11 is 0. The van der Waals surface area contributed by atoms with Crippen molar-refractivity contribution in [2.45, 2.75) is 43.8 Å². The number of nitrogens with one attached hydrogen (secondary N) is 1. The summed E-state index contributed by atoms with van der Waals surface area (Å²) in [6.45, 7) is 4.81. The number of hydrogen-bond acceptors (Lipinski definition) is 4. The molecule has 0 radical (unpaired) electrons. The molecule has 0 amide bonds. The van der Waals surface area contributed by atoms with Gasteiger partial charge < -0.3 is 5.32 Å². The first kappa shape index (κ1) is 15.3. The highest BCUT2D eigenvalue weighted by Crippen LogP contribution is 2.20. The molecule has 0 saturated carbocycles. The normalized spacial score (nSPS) is 19.9. The van der Waals surface area contributed by atoms with Gasteiger partial charge in [-0.1, -0.05) is 0 Å². The van der Waals surface area contributed by atoms with E-state index in [2.05, 4.69) is 10.3 Å². The van der Waals surface area contributed by atoms with E-state index in [1.54, 1.807) is 13.8 Å². The Hall–Kier alpha value is -1.05. The van der Waals surface area contributed by atoms with Gasteiger partial charge in [-0.2, -0.15) is 4.31 Å². The molecule has 0 aromatic carbocycles. The highest BCUT2D eigenvalue weighted by Gasteiger charge is 2.33. The number of halogens is 1. The predicted molar refractivity (Wildman–Crippen MR) is 74.2 cm³/mol. The van der Waals surface area contributed by atoms with Crippen molar-refractivity contribution in [3.05, 3.63) is 24.1 Å². The van der Waals surface area contributed by atoms with Gasteiger partial charge >= 0.3 is 0 Å². The van der Waals surface area contributed by atoms with Crippen LogP contribution in [0.25, 0.3) is 0 Å². The first-order valence-electron chi connectivity index (χ1n) is 6.78. The molecule has 1 aliphatic rings. The molecule has 5 nitrogen and oxygen atoms in total. The fourth-order valence-electron chi connectivity index (χ4n) is 2.39. The van der Waals surface area contributed by atoms with Crippen LogP contribution in [0.5, 0.6) is 0 Å². The summed E-state index contributed by atoms with van der Waals surface area (Å²) < 4.78 is 40.2. The summed E-state index contributed by atoms with van der Waals surface area (Å²) in [6, 6.07) is 2.38. The van der Waals surface area contributed by atoms with Crippen molar-refractivity contribution in [2.24, 2.45) is 0 Å². The standard InChI is InChI=1S/C13H20FN3O2S/c1-10(2)17(9-11-5-3-7-15-11)20(18,19)13-12(14)6-4-8-16-13/h4,6,8,10-11,15H,3,5,7,9H2,1-2H3. The van der Waals surface area contributed by atoms with Gasteiger partial charge in [0, 0.05) is 24.8 Å². The third kappa shape index (κ3) is 3.16. The van der Waals surface area contributed by atoms with Crippen molar-refractivity contribution < 1.29 is 12.8 Å². The zero-order valence-corrected chi connectivity index (χ0v) is 12.5. The second-order valence-corrected chi connectivity index (χ2v) is 7.06. The molecule has 1 unspecified atom stereocenters. The molecule has 7 heteroatoms. The van der Waals surface area contributed by atoms with Crippen molar-refractivity contribution in [3.8, 4) is 0 Å². The first-order valence-corrected chi connectivity index (χ1v) is 8.22. The number of pyridine rings is 1. The SMILES string of the molecule is CC(C)N(CC1CCCN1)S(=O)(=O)c1ncccc1F. The Balaban J connectivity index is 2.30. The second kappa shape index (κ2) is 6.15. The number of sulfonamides is 1. The van der Waals surface area contributed by atoms with Crippen molar-refractivity contribution in [3.63, 3.8) is 0 Å². The van der Waals surface area contributed by atoms with E-state index in [1.165, 1.54) is 16.6 Å². The van der Waals surface area contributed by atoms with Crippen LogP contribution >= 0.6 is 0 Å². The Morgan fingerprint density at radius 2 is 2.30 bits per heavy atom. The van der Waals surface area contributed by atoms with Crippen molar-refractivity contribution in [2.75, 3.05) is 13.1 Å². The number of nitrogens with zero attached hydrogens (tertiary/aromatic N) is 2. The van der Waals surface area contributed by atoms with E-state index in [1.807, 2.05) is 0 Å². The minimum absolute atomic E-state index is 0.124. The van der Waals surface area contributed by atoms with Crippen LogP contribution in [0.15, 0.2) is 23.4 Å². The van der Waals surface area contributed by atoms with Crippen LogP contribution in [0.2, 0.25) is 0 Å². The molecule has 112 valence electrons. The van der Waals surface area contributed by atoms with E-state index in [-0.39, 0.29) is 12.1 Å². The van der Waals surface area contributed by atoms with Crippen LogP contribution < -0.4 is 5.32 Å². The van der Waals surface area contributed by atoms with Crippen molar-refractivity contribution in [1.29, 1.82) is 0 Å². The van der Waals surface area contributed by atoms with E-state index in [0.29, 0.717) is 6.54 Å². The van der Waals surface area contributed by atoms with Crippen LogP contribution in [0, 0.1) is 5.82 Å². The lowest BCUT2D eigenvalue weighted by Crippen LogP contribution is -2.45. The molecular formula is C13H20FN3O2S. The lowest BCUT2D eigenvalue weighted by atomic mass is 10.2. The number of rotatable bonds is 5.